The van der Waals surface area contributed by atoms with Crippen LogP contribution in [0.1, 0.15) is 18.1 Å². The maximum atomic E-state index is 12.1. The van der Waals surface area contributed by atoms with Crippen molar-refractivity contribution in [3.05, 3.63) is 35.9 Å². The smallest absolute Gasteiger partial charge is 0.406 e. The molecular weight excluding hydrogens is 349 g/mol. The van der Waals surface area contributed by atoms with Gasteiger partial charge in [-0.25, -0.2) is 0 Å². The van der Waals surface area contributed by atoms with Crippen LogP contribution in [0.4, 0.5) is 18.9 Å². The van der Waals surface area contributed by atoms with Crippen molar-refractivity contribution in [2.24, 2.45) is 16.6 Å². The molecule has 1 unspecified atom stereocenters. The maximum Gasteiger partial charge on any atom is 0.573 e. The number of hydrogen-bond acceptors (Lipinski definition) is 4. The lowest BCUT2D eigenvalue weighted by Crippen LogP contribution is -2.27. The van der Waals surface area contributed by atoms with Gasteiger partial charge in [-0.1, -0.05) is 0 Å². The number of anilines is 1. The summed E-state index contributed by atoms with van der Waals surface area (Å²) in [6, 6.07) is 5.30. The van der Waals surface area contributed by atoms with Crippen LogP contribution in [0.2, 0.25) is 0 Å². The maximum absolute atomic E-state index is 12.1. The van der Waals surface area contributed by atoms with E-state index in [0.717, 1.165) is 31.0 Å². The molecule has 1 atom stereocenters. The fraction of sp³-hybridized carbons (Fsp3) is 0.438. The lowest BCUT2D eigenvalue weighted by molar-refractivity contribution is -0.274. The van der Waals surface area contributed by atoms with Crippen LogP contribution < -0.4 is 15.8 Å². The fourth-order valence-electron chi connectivity index (χ4n) is 2.83. The van der Waals surface area contributed by atoms with Crippen molar-refractivity contribution < 1.29 is 17.9 Å². The van der Waals surface area contributed by atoms with E-state index in [-0.39, 0.29) is 11.7 Å². The van der Waals surface area contributed by atoms with Crippen molar-refractivity contribution in [1.29, 1.82) is 0 Å². The Morgan fingerprint density at radius 2 is 2.08 bits per heavy atom. The lowest BCUT2D eigenvalue weighted by Gasteiger charge is -2.22. The van der Waals surface area contributed by atoms with Gasteiger partial charge in [-0.15, -0.1) is 23.4 Å². The first-order chi connectivity index (χ1) is 12.3. The molecule has 3 N–H and O–H groups in total. The predicted octanol–water partition coefficient (Wildman–Crippen LogP) is 2.47. The molecule has 3 rings (SSSR count). The number of guanidine groups is 1. The lowest BCUT2D eigenvalue weighted by atomic mass is 9.99. The Morgan fingerprint density at radius 3 is 2.77 bits per heavy atom. The van der Waals surface area contributed by atoms with Crippen molar-refractivity contribution in [3.63, 3.8) is 0 Å². The van der Waals surface area contributed by atoms with Gasteiger partial charge in [0.25, 0.3) is 0 Å². The van der Waals surface area contributed by atoms with Gasteiger partial charge in [0.1, 0.15) is 17.4 Å². The van der Waals surface area contributed by atoms with Gasteiger partial charge in [-0.05, 0) is 43.5 Å². The van der Waals surface area contributed by atoms with E-state index in [9.17, 15) is 13.2 Å². The molecule has 0 bridgehead atoms. The number of aryl methyl sites for hydroxylation is 2. The van der Waals surface area contributed by atoms with Gasteiger partial charge in [0.2, 0.25) is 0 Å². The Bertz CT molecular complexity index is 784. The van der Waals surface area contributed by atoms with E-state index in [4.69, 9.17) is 5.73 Å². The number of nitrogens with one attached hydrogen (secondary N) is 1. The van der Waals surface area contributed by atoms with Crippen LogP contribution >= 0.6 is 0 Å². The van der Waals surface area contributed by atoms with Gasteiger partial charge in [-0.2, -0.15) is 0 Å². The molecule has 0 fully saturated rings. The predicted molar refractivity (Wildman–Crippen MR) is 89.8 cm³/mol. The van der Waals surface area contributed by atoms with Gasteiger partial charge in [0, 0.05) is 25.2 Å². The van der Waals surface area contributed by atoms with Crippen LogP contribution in [-0.4, -0.2) is 33.6 Å². The molecule has 10 heteroatoms. The molecule has 26 heavy (non-hydrogen) atoms. The van der Waals surface area contributed by atoms with Crippen LogP contribution in [0.3, 0.4) is 0 Å². The number of halogens is 3. The second-order valence-corrected chi connectivity index (χ2v) is 6.10. The number of benzene rings is 1. The summed E-state index contributed by atoms with van der Waals surface area (Å²) in [5, 5.41) is 11.1. The summed E-state index contributed by atoms with van der Waals surface area (Å²) < 4.78 is 42.3. The summed E-state index contributed by atoms with van der Waals surface area (Å²) >= 11 is 0. The highest BCUT2D eigenvalue weighted by Gasteiger charge is 2.31. The number of aliphatic imine (C=N–C) groups is 1. The van der Waals surface area contributed by atoms with E-state index in [1.54, 1.807) is 0 Å². The van der Waals surface area contributed by atoms with E-state index < -0.39 is 6.36 Å². The molecule has 7 nitrogen and oxygen atoms in total. The topological polar surface area (TPSA) is 90.4 Å². The minimum absolute atomic E-state index is 0.209. The second-order valence-electron chi connectivity index (χ2n) is 6.10. The molecule has 0 aliphatic carbocycles. The molecule has 0 saturated heterocycles. The molecule has 0 saturated carbocycles. The molecular formula is C16H19F3N6O. The zero-order chi connectivity index (χ0) is 18.7. The third kappa shape index (κ3) is 4.64. The van der Waals surface area contributed by atoms with Crippen molar-refractivity contribution in [1.82, 2.24) is 14.8 Å². The largest absolute Gasteiger partial charge is 0.573 e. The zero-order valence-electron chi connectivity index (χ0n) is 14.1. The average molecular weight is 368 g/mol. The first kappa shape index (κ1) is 18.0. The van der Waals surface area contributed by atoms with E-state index in [0.29, 0.717) is 18.2 Å². The summed E-state index contributed by atoms with van der Waals surface area (Å²) in [5.74, 6) is 2.14. The molecule has 0 spiro atoms. The third-order valence-electron chi connectivity index (χ3n) is 4.11. The van der Waals surface area contributed by atoms with Gasteiger partial charge in [0.15, 0.2) is 5.96 Å². The molecule has 1 aromatic heterocycles. The van der Waals surface area contributed by atoms with E-state index in [1.165, 1.54) is 24.3 Å². The van der Waals surface area contributed by atoms with E-state index in [1.807, 2.05) is 6.92 Å². The van der Waals surface area contributed by atoms with Crippen molar-refractivity contribution in [2.45, 2.75) is 32.7 Å². The Labute approximate surface area is 148 Å². The molecule has 1 aliphatic rings. The monoisotopic (exact) mass is 368 g/mol. The fourth-order valence-corrected chi connectivity index (χ4v) is 2.83. The molecule has 1 aliphatic heterocycles. The molecule has 2 heterocycles. The number of ether oxygens (including phenoxy) is 1. The van der Waals surface area contributed by atoms with Crippen molar-refractivity contribution in [3.8, 4) is 5.75 Å². The summed E-state index contributed by atoms with van der Waals surface area (Å²) in [4.78, 5) is 4.33. The van der Waals surface area contributed by atoms with Crippen LogP contribution in [0.15, 0.2) is 29.3 Å². The number of nitrogens with two attached hydrogens (primary N) is 1. The van der Waals surface area contributed by atoms with Gasteiger partial charge in [0.05, 0.1) is 0 Å². The van der Waals surface area contributed by atoms with E-state index >= 15 is 0 Å². The molecule has 2 aromatic rings. The molecule has 0 radical (unpaired) electrons. The summed E-state index contributed by atoms with van der Waals surface area (Å²) in [5.41, 5.74) is 6.39. The number of hydrogen-bond donors (Lipinski definition) is 2. The number of aromatic nitrogens is 3. The molecule has 0 amide bonds. The van der Waals surface area contributed by atoms with Gasteiger partial charge in [-0.3, -0.25) is 4.99 Å². The number of alkyl halides is 3. The number of nitrogens with zero attached hydrogens (tertiary/aromatic N) is 4. The first-order valence-corrected chi connectivity index (χ1v) is 8.11. The second kappa shape index (κ2) is 7.22. The van der Waals surface area contributed by atoms with Crippen molar-refractivity contribution in [2.75, 3.05) is 11.9 Å². The van der Waals surface area contributed by atoms with Crippen LogP contribution in [0.5, 0.6) is 5.75 Å². The van der Waals surface area contributed by atoms with Gasteiger partial charge >= 0.3 is 6.36 Å². The minimum Gasteiger partial charge on any atom is -0.406 e. The number of fused-ring (bicyclic) bond motifs is 1. The Balaban J connectivity index is 1.53. The highest BCUT2D eigenvalue weighted by molar-refractivity contribution is 5.92. The SMILES string of the molecule is Cc1nnc2n1CC(CN=C(N)Nc1ccc(OC(F)(F)F)cc1)CC2. The summed E-state index contributed by atoms with van der Waals surface area (Å²) in [6.07, 6.45) is -2.90. The number of rotatable bonds is 4. The summed E-state index contributed by atoms with van der Waals surface area (Å²) in [6.45, 7) is 3.27. The zero-order valence-corrected chi connectivity index (χ0v) is 14.1. The Kier molecular flexibility index (Phi) is 5.01. The molecule has 140 valence electrons. The average Bonchev–Trinajstić information content (AvgIpc) is 2.94. The summed E-state index contributed by atoms with van der Waals surface area (Å²) in [7, 11) is 0. The molecule has 1 aromatic carbocycles. The minimum atomic E-state index is -4.71. The standard InChI is InChI=1S/C16H19F3N6O/c1-10-23-24-14-7-2-11(9-25(10)14)8-21-15(20)22-12-3-5-13(6-4-12)26-16(17,18)19/h3-6,11H,2,7-9H2,1H3,(H3,20,21,22). The van der Waals surface area contributed by atoms with Crippen LogP contribution in [-0.2, 0) is 13.0 Å². The highest BCUT2D eigenvalue weighted by atomic mass is 19.4. The van der Waals surface area contributed by atoms with Gasteiger partial charge < -0.3 is 20.4 Å². The van der Waals surface area contributed by atoms with Crippen molar-refractivity contribution >= 4 is 11.6 Å². The van der Waals surface area contributed by atoms with Crippen LogP contribution in [0.25, 0.3) is 0 Å². The normalized spacial score (nSPS) is 17.7. The Hall–Kier alpha value is -2.78. The van der Waals surface area contributed by atoms with E-state index in [2.05, 4.69) is 29.8 Å². The first-order valence-electron chi connectivity index (χ1n) is 8.11. The van der Waals surface area contributed by atoms with Crippen LogP contribution in [0, 0.1) is 12.8 Å². The highest BCUT2D eigenvalue weighted by Crippen LogP contribution is 2.24. The quantitative estimate of drug-likeness (QED) is 0.639. The third-order valence-corrected chi connectivity index (χ3v) is 4.11. The Morgan fingerprint density at radius 1 is 1.35 bits per heavy atom.